The van der Waals surface area contributed by atoms with Crippen LogP contribution in [0.1, 0.15) is 0 Å². The lowest BCUT2D eigenvalue weighted by Crippen LogP contribution is -2.19. The highest BCUT2D eigenvalue weighted by Gasteiger charge is 2.07. The summed E-state index contributed by atoms with van der Waals surface area (Å²) in [6.07, 6.45) is 1.46. The number of benzene rings is 1. The summed E-state index contributed by atoms with van der Waals surface area (Å²) in [6, 6.07) is 4.78. The van der Waals surface area contributed by atoms with Crippen molar-refractivity contribution >= 4 is 39.7 Å². The van der Waals surface area contributed by atoms with Crippen LogP contribution in [0.3, 0.4) is 0 Å². The first-order valence-corrected chi connectivity index (χ1v) is 6.24. The van der Waals surface area contributed by atoms with E-state index in [2.05, 4.69) is 5.32 Å². The van der Waals surface area contributed by atoms with Gasteiger partial charge in [-0.2, -0.15) is 0 Å². The fourth-order valence-corrected chi connectivity index (χ4v) is 1.62. The monoisotopic (exact) mass is 246 g/mol. The van der Waals surface area contributed by atoms with Crippen molar-refractivity contribution in [2.45, 2.75) is 0 Å². The standard InChI is InChI=1S/C9H11ClN2O2S/c1-15(14)5-9(13)12-8-4-6(11)2-3-7(8)10/h2-4H,5,11H2,1H3,(H,12,13). The molecule has 0 aliphatic heterocycles. The highest BCUT2D eigenvalue weighted by atomic mass is 35.5. The smallest absolute Gasteiger partial charge is 0.237 e. The Morgan fingerprint density at radius 2 is 2.27 bits per heavy atom. The number of anilines is 2. The van der Waals surface area contributed by atoms with Crippen molar-refractivity contribution in [3.05, 3.63) is 23.2 Å². The van der Waals surface area contributed by atoms with Crippen LogP contribution < -0.4 is 11.1 Å². The number of nitrogen functional groups attached to an aromatic ring is 1. The van der Waals surface area contributed by atoms with E-state index in [1.807, 2.05) is 0 Å². The minimum absolute atomic E-state index is 0.0505. The normalized spacial score (nSPS) is 12.1. The summed E-state index contributed by atoms with van der Waals surface area (Å²) in [4.78, 5) is 11.3. The van der Waals surface area contributed by atoms with Crippen molar-refractivity contribution < 1.29 is 9.00 Å². The van der Waals surface area contributed by atoms with Crippen LogP contribution in [0.25, 0.3) is 0 Å². The Hall–Kier alpha value is -1.07. The first-order chi connectivity index (χ1) is 6.99. The topological polar surface area (TPSA) is 72.2 Å². The highest BCUT2D eigenvalue weighted by Crippen LogP contribution is 2.23. The predicted molar refractivity (Wildman–Crippen MR) is 63.4 cm³/mol. The Balaban J connectivity index is 2.76. The van der Waals surface area contributed by atoms with E-state index in [-0.39, 0.29) is 11.7 Å². The maximum absolute atomic E-state index is 11.3. The molecule has 1 amide bonds. The maximum Gasteiger partial charge on any atom is 0.237 e. The summed E-state index contributed by atoms with van der Waals surface area (Å²) in [6.45, 7) is 0. The molecule has 0 saturated carbocycles. The summed E-state index contributed by atoms with van der Waals surface area (Å²) in [5.41, 5.74) is 6.48. The van der Waals surface area contributed by atoms with Gasteiger partial charge in [0.1, 0.15) is 5.75 Å². The van der Waals surface area contributed by atoms with Gasteiger partial charge >= 0.3 is 0 Å². The molecule has 3 N–H and O–H groups in total. The largest absolute Gasteiger partial charge is 0.399 e. The number of carbonyl (C=O) groups excluding carboxylic acids is 1. The van der Waals surface area contributed by atoms with E-state index in [0.29, 0.717) is 16.4 Å². The Kier molecular flexibility index (Phi) is 4.11. The van der Waals surface area contributed by atoms with Crippen molar-refractivity contribution in [2.24, 2.45) is 0 Å². The number of nitrogens with two attached hydrogens (primary N) is 1. The molecule has 1 unspecified atom stereocenters. The summed E-state index contributed by atoms with van der Waals surface area (Å²) < 4.78 is 10.8. The number of hydrogen-bond donors (Lipinski definition) is 2. The van der Waals surface area contributed by atoms with Gasteiger partial charge in [0.05, 0.1) is 10.7 Å². The van der Waals surface area contributed by atoms with E-state index in [0.717, 1.165) is 0 Å². The van der Waals surface area contributed by atoms with Crippen LogP contribution in [0.15, 0.2) is 18.2 Å². The van der Waals surface area contributed by atoms with Crippen LogP contribution >= 0.6 is 11.6 Å². The molecule has 82 valence electrons. The third-order valence-corrected chi connectivity index (χ3v) is 2.60. The lowest BCUT2D eigenvalue weighted by molar-refractivity contribution is -0.113. The Morgan fingerprint density at radius 3 is 2.87 bits per heavy atom. The number of halogens is 1. The van der Waals surface area contributed by atoms with Crippen molar-refractivity contribution in [1.29, 1.82) is 0 Å². The molecule has 0 aliphatic carbocycles. The average Bonchev–Trinajstić information content (AvgIpc) is 2.10. The first-order valence-electron chi connectivity index (χ1n) is 4.14. The van der Waals surface area contributed by atoms with E-state index >= 15 is 0 Å². The molecule has 1 rings (SSSR count). The molecule has 1 aromatic rings. The Bertz CT molecular complexity index is 409. The van der Waals surface area contributed by atoms with Gasteiger partial charge in [0, 0.05) is 22.7 Å². The molecule has 0 aromatic heterocycles. The molecule has 15 heavy (non-hydrogen) atoms. The lowest BCUT2D eigenvalue weighted by Gasteiger charge is -2.06. The molecule has 0 radical (unpaired) electrons. The lowest BCUT2D eigenvalue weighted by atomic mass is 10.3. The van der Waals surface area contributed by atoms with Gasteiger partial charge in [0.2, 0.25) is 5.91 Å². The Labute approximate surface area is 95.3 Å². The van der Waals surface area contributed by atoms with Crippen LogP contribution in [0.5, 0.6) is 0 Å². The summed E-state index contributed by atoms with van der Waals surface area (Å²) >= 11 is 5.83. The van der Waals surface area contributed by atoms with Crippen LogP contribution in [0.4, 0.5) is 11.4 Å². The van der Waals surface area contributed by atoms with Crippen LogP contribution in [0, 0.1) is 0 Å². The molecule has 0 spiro atoms. The van der Waals surface area contributed by atoms with Crippen LogP contribution in [-0.2, 0) is 15.6 Å². The SMILES string of the molecule is CS(=O)CC(=O)Nc1cc(N)ccc1Cl. The molecule has 6 heteroatoms. The minimum Gasteiger partial charge on any atom is -0.399 e. The van der Waals surface area contributed by atoms with E-state index in [9.17, 15) is 9.00 Å². The molecule has 0 bridgehead atoms. The maximum atomic E-state index is 11.3. The summed E-state index contributed by atoms with van der Waals surface area (Å²) in [5, 5.41) is 2.94. The van der Waals surface area contributed by atoms with Gasteiger partial charge in [0.15, 0.2) is 0 Å². The van der Waals surface area contributed by atoms with Crippen molar-refractivity contribution in [3.8, 4) is 0 Å². The molecule has 1 atom stereocenters. The number of carbonyl (C=O) groups is 1. The highest BCUT2D eigenvalue weighted by molar-refractivity contribution is 7.85. The molecular weight excluding hydrogens is 236 g/mol. The third-order valence-electron chi connectivity index (χ3n) is 1.60. The van der Waals surface area contributed by atoms with E-state index in [4.69, 9.17) is 17.3 Å². The summed E-state index contributed by atoms with van der Waals surface area (Å²) in [7, 11) is -1.17. The van der Waals surface area contributed by atoms with E-state index < -0.39 is 10.8 Å². The minimum atomic E-state index is -1.17. The first kappa shape index (κ1) is 12.0. The molecular formula is C9H11ClN2O2S. The number of hydrogen-bond acceptors (Lipinski definition) is 3. The van der Waals surface area contributed by atoms with Crippen LogP contribution in [0.2, 0.25) is 5.02 Å². The molecule has 1 aromatic carbocycles. The zero-order chi connectivity index (χ0) is 11.4. The summed E-state index contributed by atoms with van der Waals surface area (Å²) in [5.74, 6) is -0.395. The second-order valence-corrected chi connectivity index (χ2v) is 4.85. The van der Waals surface area contributed by atoms with Gasteiger partial charge in [-0.05, 0) is 18.2 Å². The molecule has 0 saturated heterocycles. The second-order valence-electron chi connectivity index (χ2n) is 3.00. The predicted octanol–water partition coefficient (Wildman–Crippen LogP) is 1.24. The molecule has 0 heterocycles. The van der Waals surface area contributed by atoms with Gasteiger partial charge in [-0.25, -0.2) is 0 Å². The van der Waals surface area contributed by atoms with Gasteiger partial charge in [-0.15, -0.1) is 0 Å². The van der Waals surface area contributed by atoms with Gasteiger partial charge in [0.25, 0.3) is 0 Å². The average molecular weight is 247 g/mol. The fourth-order valence-electron chi connectivity index (χ4n) is 1.01. The quantitative estimate of drug-likeness (QED) is 0.789. The number of rotatable bonds is 3. The van der Waals surface area contributed by atoms with Gasteiger partial charge in [-0.1, -0.05) is 11.6 Å². The third kappa shape index (κ3) is 3.89. The molecule has 0 fully saturated rings. The molecule has 4 nitrogen and oxygen atoms in total. The zero-order valence-corrected chi connectivity index (χ0v) is 9.69. The van der Waals surface area contributed by atoms with Crippen molar-refractivity contribution in [3.63, 3.8) is 0 Å². The zero-order valence-electron chi connectivity index (χ0n) is 8.12. The Morgan fingerprint density at radius 1 is 1.60 bits per heavy atom. The second kappa shape index (κ2) is 5.14. The number of amides is 1. The molecule has 0 aliphatic rings. The van der Waals surface area contributed by atoms with Crippen LogP contribution in [-0.4, -0.2) is 22.1 Å². The van der Waals surface area contributed by atoms with Crippen molar-refractivity contribution in [2.75, 3.05) is 23.1 Å². The van der Waals surface area contributed by atoms with Crippen molar-refractivity contribution in [1.82, 2.24) is 0 Å². The van der Waals surface area contributed by atoms with Gasteiger partial charge in [-0.3, -0.25) is 9.00 Å². The van der Waals surface area contributed by atoms with Gasteiger partial charge < -0.3 is 11.1 Å². The van der Waals surface area contributed by atoms with E-state index in [1.54, 1.807) is 18.2 Å². The van der Waals surface area contributed by atoms with E-state index in [1.165, 1.54) is 6.26 Å². The number of nitrogens with one attached hydrogen (secondary N) is 1. The fraction of sp³-hybridized carbons (Fsp3) is 0.222.